The minimum absolute atomic E-state index is 0.0748. The molecule has 0 spiro atoms. The second kappa shape index (κ2) is 6.80. The summed E-state index contributed by atoms with van der Waals surface area (Å²) in [4.78, 5) is 6.90. The van der Waals surface area contributed by atoms with Gasteiger partial charge in [0.05, 0.1) is 12.1 Å². The summed E-state index contributed by atoms with van der Waals surface area (Å²) < 4.78 is 79.2. The van der Waals surface area contributed by atoms with E-state index in [1.807, 2.05) is 0 Å². The Bertz CT molecular complexity index is 701. The number of alkyl halides is 6. The molecule has 0 radical (unpaired) electrons. The lowest BCUT2D eigenvalue weighted by molar-refractivity contribution is -0.174. The second-order valence-electron chi connectivity index (χ2n) is 5.09. The number of nitrogens with zero attached hydrogens (tertiary/aromatic N) is 2. The zero-order chi connectivity index (χ0) is 18.0. The SMILES string of the molecule is C[C@H](COCC(F)(F)F)Nc1nc(C(F)(F)F)nc2ccccc12. The Kier molecular flexibility index (Phi) is 5.16. The summed E-state index contributed by atoms with van der Waals surface area (Å²) in [6.45, 7) is -0.308. The van der Waals surface area contributed by atoms with E-state index in [1.165, 1.54) is 25.1 Å². The first-order chi connectivity index (χ1) is 11.1. The standard InChI is InChI=1S/C14H13F6N3O/c1-8(6-24-7-13(15,16)17)21-11-9-4-2-3-5-10(9)22-12(23-11)14(18,19)20/h2-5,8H,6-7H2,1H3,(H,21,22,23)/t8-/m1/s1. The fraction of sp³-hybridized carbons (Fsp3) is 0.429. The van der Waals surface area contributed by atoms with Crippen molar-refractivity contribution >= 4 is 16.7 Å². The van der Waals surface area contributed by atoms with Crippen molar-refractivity contribution < 1.29 is 31.1 Å². The van der Waals surface area contributed by atoms with Crippen LogP contribution in [0.5, 0.6) is 0 Å². The van der Waals surface area contributed by atoms with E-state index in [-0.39, 0.29) is 17.9 Å². The Morgan fingerprint density at radius 1 is 1.08 bits per heavy atom. The van der Waals surface area contributed by atoms with E-state index >= 15 is 0 Å². The molecular weight excluding hydrogens is 340 g/mol. The summed E-state index contributed by atoms with van der Waals surface area (Å²) in [6.07, 6.45) is -9.21. The molecule has 0 aliphatic rings. The highest BCUT2D eigenvalue weighted by Crippen LogP contribution is 2.30. The fourth-order valence-corrected chi connectivity index (χ4v) is 1.94. The maximum Gasteiger partial charge on any atom is 0.451 e. The van der Waals surface area contributed by atoms with Crippen molar-refractivity contribution in [1.82, 2.24) is 9.97 Å². The van der Waals surface area contributed by atoms with Crippen molar-refractivity contribution in [2.75, 3.05) is 18.5 Å². The lowest BCUT2D eigenvalue weighted by atomic mass is 10.2. The van der Waals surface area contributed by atoms with Crippen molar-refractivity contribution in [2.45, 2.75) is 25.3 Å². The highest BCUT2D eigenvalue weighted by atomic mass is 19.4. The average molecular weight is 353 g/mol. The molecule has 1 aromatic carbocycles. The van der Waals surface area contributed by atoms with Gasteiger partial charge < -0.3 is 10.1 Å². The summed E-state index contributed by atoms with van der Waals surface area (Å²) in [6, 6.07) is 5.33. The molecule has 0 aliphatic carbocycles. The number of aromatic nitrogens is 2. The van der Waals surface area contributed by atoms with E-state index in [0.717, 1.165) is 0 Å². The Morgan fingerprint density at radius 3 is 2.38 bits per heavy atom. The number of benzene rings is 1. The van der Waals surface area contributed by atoms with Gasteiger partial charge in [-0.3, -0.25) is 0 Å². The number of fused-ring (bicyclic) bond motifs is 1. The Morgan fingerprint density at radius 2 is 1.75 bits per heavy atom. The third kappa shape index (κ3) is 4.95. The quantitative estimate of drug-likeness (QED) is 0.825. The van der Waals surface area contributed by atoms with E-state index in [0.29, 0.717) is 5.39 Å². The third-order valence-electron chi connectivity index (χ3n) is 2.87. The highest BCUT2D eigenvalue weighted by molar-refractivity contribution is 5.89. The van der Waals surface area contributed by atoms with Crippen LogP contribution in [-0.4, -0.2) is 35.4 Å². The van der Waals surface area contributed by atoms with Gasteiger partial charge >= 0.3 is 12.4 Å². The predicted octanol–water partition coefficient (Wildman–Crippen LogP) is 4.03. The van der Waals surface area contributed by atoms with E-state index in [4.69, 9.17) is 0 Å². The second-order valence-corrected chi connectivity index (χ2v) is 5.09. The summed E-state index contributed by atoms with van der Waals surface area (Å²) in [7, 11) is 0. The highest BCUT2D eigenvalue weighted by Gasteiger charge is 2.35. The van der Waals surface area contributed by atoms with Crippen LogP contribution in [0.2, 0.25) is 0 Å². The van der Waals surface area contributed by atoms with Crippen LogP contribution in [0.15, 0.2) is 24.3 Å². The van der Waals surface area contributed by atoms with Gasteiger partial charge in [-0.05, 0) is 19.1 Å². The first-order valence-electron chi connectivity index (χ1n) is 6.81. The maximum atomic E-state index is 12.9. The molecule has 1 heterocycles. The van der Waals surface area contributed by atoms with Crippen molar-refractivity contribution in [3.8, 4) is 0 Å². The molecule has 0 amide bonds. The number of halogens is 6. The van der Waals surface area contributed by atoms with E-state index in [1.54, 1.807) is 6.07 Å². The minimum Gasteiger partial charge on any atom is -0.370 e. The van der Waals surface area contributed by atoms with Crippen LogP contribution in [0.1, 0.15) is 12.7 Å². The van der Waals surface area contributed by atoms with Gasteiger partial charge in [0.15, 0.2) is 0 Å². The lowest BCUT2D eigenvalue weighted by Gasteiger charge is -2.18. The van der Waals surface area contributed by atoms with Crippen LogP contribution in [0.25, 0.3) is 10.9 Å². The first-order valence-corrected chi connectivity index (χ1v) is 6.81. The summed E-state index contributed by atoms with van der Waals surface area (Å²) >= 11 is 0. The Balaban J connectivity index is 2.21. The van der Waals surface area contributed by atoms with Crippen LogP contribution in [0, 0.1) is 0 Å². The molecule has 24 heavy (non-hydrogen) atoms. The molecule has 10 heteroatoms. The molecule has 4 nitrogen and oxygen atoms in total. The summed E-state index contributed by atoms with van der Waals surface area (Å²) in [5.74, 6) is -1.44. The van der Waals surface area contributed by atoms with Crippen molar-refractivity contribution in [2.24, 2.45) is 0 Å². The molecule has 0 bridgehead atoms. The zero-order valence-electron chi connectivity index (χ0n) is 12.4. The topological polar surface area (TPSA) is 47.0 Å². The predicted molar refractivity (Wildman–Crippen MR) is 74.5 cm³/mol. The fourth-order valence-electron chi connectivity index (χ4n) is 1.94. The van der Waals surface area contributed by atoms with Crippen LogP contribution in [0.3, 0.4) is 0 Å². The molecule has 0 saturated carbocycles. The minimum atomic E-state index is -4.74. The maximum absolute atomic E-state index is 12.9. The lowest BCUT2D eigenvalue weighted by Crippen LogP contribution is -2.27. The van der Waals surface area contributed by atoms with Crippen molar-refractivity contribution in [3.05, 3.63) is 30.1 Å². The molecule has 1 N–H and O–H groups in total. The summed E-state index contributed by atoms with van der Waals surface area (Å²) in [5, 5.41) is 2.97. The van der Waals surface area contributed by atoms with E-state index < -0.39 is 30.8 Å². The van der Waals surface area contributed by atoms with Crippen LogP contribution < -0.4 is 5.32 Å². The van der Waals surface area contributed by atoms with Gasteiger partial charge in [-0.2, -0.15) is 26.3 Å². The number of para-hydroxylation sites is 1. The number of ether oxygens (including phenoxy) is 1. The smallest absolute Gasteiger partial charge is 0.370 e. The average Bonchev–Trinajstić information content (AvgIpc) is 2.44. The summed E-state index contributed by atoms with van der Waals surface area (Å²) in [5.41, 5.74) is 0.0748. The number of hydrogen-bond acceptors (Lipinski definition) is 4. The Hall–Kier alpha value is -2.10. The van der Waals surface area contributed by atoms with E-state index in [2.05, 4.69) is 20.0 Å². The van der Waals surface area contributed by atoms with Crippen LogP contribution >= 0.6 is 0 Å². The van der Waals surface area contributed by atoms with Crippen LogP contribution in [-0.2, 0) is 10.9 Å². The number of nitrogens with one attached hydrogen (secondary N) is 1. The van der Waals surface area contributed by atoms with Crippen LogP contribution in [0.4, 0.5) is 32.2 Å². The molecule has 2 aromatic rings. The monoisotopic (exact) mass is 353 g/mol. The molecule has 0 unspecified atom stereocenters. The number of rotatable bonds is 5. The Labute approximate surface area is 132 Å². The van der Waals surface area contributed by atoms with Gasteiger partial charge in [0.2, 0.25) is 5.82 Å². The molecule has 1 atom stereocenters. The molecule has 132 valence electrons. The molecule has 0 fully saturated rings. The normalized spacial score (nSPS) is 14.0. The molecule has 0 aliphatic heterocycles. The third-order valence-corrected chi connectivity index (χ3v) is 2.87. The van der Waals surface area contributed by atoms with Gasteiger partial charge in [0, 0.05) is 11.4 Å². The number of hydrogen-bond donors (Lipinski definition) is 1. The van der Waals surface area contributed by atoms with Gasteiger partial charge in [0.25, 0.3) is 0 Å². The molecule has 0 saturated heterocycles. The molecule has 1 aromatic heterocycles. The molecular formula is C14H13F6N3O. The van der Waals surface area contributed by atoms with Gasteiger partial charge in [-0.1, -0.05) is 12.1 Å². The van der Waals surface area contributed by atoms with Gasteiger partial charge in [0.1, 0.15) is 12.4 Å². The van der Waals surface area contributed by atoms with E-state index in [9.17, 15) is 26.3 Å². The molecule has 2 rings (SSSR count). The largest absolute Gasteiger partial charge is 0.451 e. The zero-order valence-corrected chi connectivity index (χ0v) is 12.4. The number of anilines is 1. The van der Waals surface area contributed by atoms with Gasteiger partial charge in [-0.25, -0.2) is 9.97 Å². The first kappa shape index (κ1) is 18.2. The van der Waals surface area contributed by atoms with Crippen molar-refractivity contribution in [3.63, 3.8) is 0 Å². The van der Waals surface area contributed by atoms with Gasteiger partial charge in [-0.15, -0.1) is 0 Å². The van der Waals surface area contributed by atoms with Crippen molar-refractivity contribution in [1.29, 1.82) is 0 Å².